The molecule has 0 N–H and O–H groups in total. The van der Waals surface area contributed by atoms with Crippen molar-refractivity contribution in [1.29, 1.82) is 0 Å². The third kappa shape index (κ3) is 2.52. The highest BCUT2D eigenvalue weighted by Gasteiger charge is 2.00. The molecule has 14 heavy (non-hydrogen) atoms. The number of carbonyl (C=O) groups is 1. The topological polar surface area (TPSA) is 55.9 Å². The van der Waals surface area contributed by atoms with Crippen LogP contribution in [0, 0.1) is 0 Å². The van der Waals surface area contributed by atoms with Gasteiger partial charge < -0.3 is 4.74 Å². The first kappa shape index (κ1) is 11.1. The van der Waals surface area contributed by atoms with Gasteiger partial charge in [-0.05, 0) is 27.6 Å². The van der Waals surface area contributed by atoms with E-state index in [0.717, 1.165) is 4.80 Å². The molecule has 1 rings (SSSR count). The van der Waals surface area contributed by atoms with Gasteiger partial charge in [0.15, 0.2) is 4.80 Å². The Morgan fingerprint density at radius 3 is 2.64 bits per heavy atom. The quantitative estimate of drug-likeness (QED) is 0.672. The van der Waals surface area contributed by atoms with Crippen molar-refractivity contribution in [3.8, 4) is 0 Å². The zero-order chi connectivity index (χ0) is 10.6. The van der Waals surface area contributed by atoms with Crippen LogP contribution < -0.4 is 9.60 Å². The first-order chi connectivity index (χ1) is 6.69. The first-order valence-electron chi connectivity index (χ1n) is 3.99. The molecule has 0 unspecified atom stereocenters. The van der Waals surface area contributed by atoms with Gasteiger partial charge in [-0.3, -0.25) is 9.56 Å². The van der Waals surface area contributed by atoms with Gasteiger partial charge in [0.25, 0.3) is 0 Å². The lowest BCUT2D eigenvalue weighted by Crippen LogP contribution is -2.23. The van der Waals surface area contributed by atoms with E-state index >= 15 is 0 Å². The molecule has 0 aliphatic heterocycles. The van der Waals surface area contributed by atoms with Crippen LogP contribution in [0.3, 0.4) is 0 Å². The van der Waals surface area contributed by atoms with E-state index in [1.165, 1.54) is 20.7 Å². The molecule has 0 bridgehead atoms. The second-order valence-corrected chi connectivity index (χ2v) is 4.39. The SMILES string of the molecule is CCOC(=O)/N=c1/ssc(=NC)n1C. The minimum absolute atomic E-state index is 0.339. The lowest BCUT2D eigenvalue weighted by atomic mass is 10.9. The molecule has 7 heteroatoms. The number of nitrogens with zero attached hydrogens (tertiary/aromatic N) is 3. The smallest absolute Gasteiger partial charge is 0.436 e. The second kappa shape index (κ2) is 5.06. The highest BCUT2D eigenvalue weighted by molar-refractivity contribution is 7.67. The highest BCUT2D eigenvalue weighted by Crippen LogP contribution is 1.91. The maximum Gasteiger partial charge on any atom is 0.436 e. The molecule has 0 saturated carbocycles. The second-order valence-electron chi connectivity index (χ2n) is 2.33. The van der Waals surface area contributed by atoms with E-state index in [1.54, 1.807) is 18.5 Å². The van der Waals surface area contributed by atoms with Crippen LogP contribution in [0.2, 0.25) is 0 Å². The summed E-state index contributed by atoms with van der Waals surface area (Å²) in [6.07, 6.45) is -0.556. The molecular formula is C7H11N3O2S2. The molecule has 0 aromatic carbocycles. The Labute approximate surface area is 88.4 Å². The van der Waals surface area contributed by atoms with E-state index in [-0.39, 0.29) is 0 Å². The van der Waals surface area contributed by atoms with E-state index < -0.39 is 6.09 Å². The summed E-state index contributed by atoms with van der Waals surface area (Å²) in [5.74, 6) is 0. The van der Waals surface area contributed by atoms with Gasteiger partial charge in [-0.25, -0.2) is 4.79 Å². The summed E-state index contributed by atoms with van der Waals surface area (Å²) < 4.78 is 6.46. The fourth-order valence-corrected chi connectivity index (χ4v) is 3.03. The van der Waals surface area contributed by atoms with Crippen LogP contribution in [0.25, 0.3) is 0 Å². The Kier molecular flexibility index (Phi) is 4.02. The molecule has 0 radical (unpaired) electrons. The zero-order valence-electron chi connectivity index (χ0n) is 8.18. The summed E-state index contributed by atoms with van der Waals surface area (Å²) in [6.45, 7) is 2.09. The Balaban J connectivity index is 3.08. The molecule has 0 aliphatic carbocycles. The minimum atomic E-state index is -0.556. The number of hydrogen-bond donors (Lipinski definition) is 0. The Hall–Kier alpha value is -0.950. The van der Waals surface area contributed by atoms with Gasteiger partial charge in [0, 0.05) is 14.1 Å². The number of ether oxygens (including phenoxy) is 1. The average Bonchev–Trinajstić information content (AvgIpc) is 2.48. The number of hydrogen-bond acceptors (Lipinski definition) is 5. The van der Waals surface area contributed by atoms with Crippen LogP contribution in [0.1, 0.15) is 6.92 Å². The molecule has 1 aromatic heterocycles. The van der Waals surface area contributed by atoms with Crippen molar-refractivity contribution >= 4 is 26.8 Å². The maximum atomic E-state index is 11.0. The third-order valence-corrected chi connectivity index (χ3v) is 3.76. The average molecular weight is 233 g/mol. The predicted octanol–water partition coefficient (Wildman–Crippen LogP) is 0.736. The van der Waals surface area contributed by atoms with Crippen molar-refractivity contribution in [3.05, 3.63) is 9.60 Å². The predicted molar refractivity (Wildman–Crippen MR) is 55.2 cm³/mol. The maximum absolute atomic E-state index is 11.0. The standard InChI is InChI=1S/C7H11N3O2S2/c1-4-12-7(11)9-6-10(3)5(8-2)13-14-6/h4H2,1-3H3/b8-5?,9-6+. The van der Waals surface area contributed by atoms with Crippen molar-refractivity contribution in [2.75, 3.05) is 13.7 Å². The minimum Gasteiger partial charge on any atom is -0.448 e. The summed E-state index contributed by atoms with van der Waals surface area (Å²) in [5.41, 5.74) is 0. The molecule has 0 atom stereocenters. The third-order valence-electron chi connectivity index (χ3n) is 1.41. The summed E-state index contributed by atoms with van der Waals surface area (Å²) in [7, 11) is 6.38. The van der Waals surface area contributed by atoms with Gasteiger partial charge >= 0.3 is 6.09 Å². The first-order valence-corrected chi connectivity index (χ1v) is 6.14. The van der Waals surface area contributed by atoms with Crippen LogP contribution in [-0.4, -0.2) is 24.3 Å². The van der Waals surface area contributed by atoms with Crippen LogP contribution in [0.4, 0.5) is 4.79 Å². The summed E-state index contributed by atoms with van der Waals surface area (Å²) in [4.78, 5) is 20.3. The molecule has 1 amide bonds. The van der Waals surface area contributed by atoms with Gasteiger partial charge in [0.05, 0.1) is 6.61 Å². The van der Waals surface area contributed by atoms with Crippen LogP contribution in [0.5, 0.6) is 0 Å². The van der Waals surface area contributed by atoms with E-state index in [1.807, 2.05) is 7.05 Å². The van der Waals surface area contributed by atoms with Crippen molar-refractivity contribution in [2.45, 2.75) is 6.92 Å². The summed E-state index contributed by atoms with van der Waals surface area (Å²) in [6, 6.07) is 0. The lowest BCUT2D eigenvalue weighted by molar-refractivity contribution is 0.162. The molecule has 1 aromatic rings. The van der Waals surface area contributed by atoms with Crippen LogP contribution in [0.15, 0.2) is 9.98 Å². The van der Waals surface area contributed by atoms with Crippen LogP contribution in [-0.2, 0) is 11.8 Å². The van der Waals surface area contributed by atoms with Crippen molar-refractivity contribution in [1.82, 2.24) is 4.57 Å². The molecule has 0 saturated heterocycles. The van der Waals surface area contributed by atoms with Crippen LogP contribution >= 0.6 is 20.7 Å². The fourth-order valence-electron chi connectivity index (χ4n) is 0.783. The molecule has 0 aliphatic rings. The Morgan fingerprint density at radius 2 is 2.14 bits per heavy atom. The number of rotatable bonds is 1. The van der Waals surface area contributed by atoms with Gasteiger partial charge in [-0.1, -0.05) is 0 Å². The Morgan fingerprint density at radius 1 is 1.50 bits per heavy atom. The highest BCUT2D eigenvalue weighted by atomic mass is 32.9. The Bertz CT molecular complexity index is 440. The largest absolute Gasteiger partial charge is 0.448 e. The number of carbonyl (C=O) groups excluding carboxylic acids is 1. The van der Waals surface area contributed by atoms with Gasteiger partial charge in [0.2, 0.25) is 4.80 Å². The van der Waals surface area contributed by atoms with Gasteiger partial charge in [-0.2, -0.15) is 0 Å². The lowest BCUT2D eigenvalue weighted by Gasteiger charge is -1.93. The zero-order valence-corrected chi connectivity index (χ0v) is 9.81. The number of aromatic nitrogens is 1. The van der Waals surface area contributed by atoms with E-state index in [9.17, 15) is 4.79 Å². The van der Waals surface area contributed by atoms with Crippen molar-refractivity contribution in [2.24, 2.45) is 17.0 Å². The molecule has 5 nitrogen and oxygen atoms in total. The fraction of sp³-hybridized carbons (Fsp3) is 0.571. The normalized spacial score (nSPS) is 13.4. The van der Waals surface area contributed by atoms with E-state index in [2.05, 4.69) is 9.98 Å². The number of amides is 1. The monoisotopic (exact) mass is 233 g/mol. The van der Waals surface area contributed by atoms with Crippen molar-refractivity contribution < 1.29 is 9.53 Å². The van der Waals surface area contributed by atoms with E-state index in [4.69, 9.17) is 4.74 Å². The van der Waals surface area contributed by atoms with Gasteiger partial charge in [0.1, 0.15) is 0 Å². The molecule has 78 valence electrons. The molecular weight excluding hydrogens is 222 g/mol. The molecule has 0 fully saturated rings. The summed E-state index contributed by atoms with van der Waals surface area (Å²) >= 11 is 0. The van der Waals surface area contributed by atoms with Crippen molar-refractivity contribution in [3.63, 3.8) is 0 Å². The summed E-state index contributed by atoms with van der Waals surface area (Å²) in [5, 5.41) is 0. The van der Waals surface area contributed by atoms with E-state index in [0.29, 0.717) is 11.4 Å². The molecule has 1 heterocycles. The molecule has 0 spiro atoms. The van der Waals surface area contributed by atoms with Gasteiger partial charge in [-0.15, -0.1) is 4.99 Å².